The molecule has 2 aromatic carbocycles. The van der Waals surface area contributed by atoms with Crippen LogP contribution in [0.2, 0.25) is 0 Å². The third kappa shape index (κ3) is 3.36. The smallest absolute Gasteiger partial charge is 0.258 e. The molecule has 2 heterocycles. The third-order valence-electron chi connectivity index (χ3n) is 5.27. The van der Waals surface area contributed by atoms with E-state index in [2.05, 4.69) is 48.3 Å². The van der Waals surface area contributed by atoms with E-state index in [1.54, 1.807) is 6.26 Å². The molecule has 0 fully saturated rings. The summed E-state index contributed by atoms with van der Waals surface area (Å²) in [6.45, 7) is 6.65. The van der Waals surface area contributed by atoms with Crippen molar-refractivity contribution >= 4 is 17.3 Å². The number of para-hydroxylation sites is 1. The number of amides is 1. The van der Waals surface area contributed by atoms with Gasteiger partial charge in [0, 0.05) is 24.5 Å². The zero-order valence-electron chi connectivity index (χ0n) is 16.3. The molecule has 1 N–H and O–H groups in total. The maximum atomic E-state index is 13.2. The lowest BCUT2D eigenvalue weighted by Crippen LogP contribution is -2.42. The van der Waals surface area contributed by atoms with Crippen LogP contribution < -0.4 is 10.2 Å². The highest BCUT2D eigenvalue weighted by Gasteiger charge is 2.33. The second-order valence-electron chi connectivity index (χ2n) is 6.87. The highest BCUT2D eigenvalue weighted by Crippen LogP contribution is 2.34. The fourth-order valence-corrected chi connectivity index (χ4v) is 3.75. The van der Waals surface area contributed by atoms with Crippen LogP contribution in [0.25, 0.3) is 0 Å². The fourth-order valence-electron chi connectivity index (χ4n) is 3.75. The van der Waals surface area contributed by atoms with Crippen molar-refractivity contribution in [2.45, 2.75) is 26.6 Å². The van der Waals surface area contributed by atoms with Crippen molar-refractivity contribution in [3.8, 4) is 0 Å². The van der Waals surface area contributed by atoms with Gasteiger partial charge in [0.25, 0.3) is 5.91 Å². The number of carbonyl (C=O) groups is 1. The number of nitrogens with zero attached hydrogens (tertiary/aromatic N) is 2. The van der Waals surface area contributed by atoms with Crippen molar-refractivity contribution in [3.63, 3.8) is 0 Å². The molecular weight excluding hydrogens is 350 g/mol. The second-order valence-corrected chi connectivity index (χ2v) is 6.87. The van der Waals surface area contributed by atoms with Gasteiger partial charge < -0.3 is 19.5 Å². The molecule has 3 aromatic rings. The topological polar surface area (TPSA) is 48.7 Å². The molecule has 0 radical (unpaired) electrons. The summed E-state index contributed by atoms with van der Waals surface area (Å²) in [5.74, 6) is 0.767. The van der Waals surface area contributed by atoms with Crippen LogP contribution in [0, 0.1) is 0 Å². The molecule has 4 rings (SSSR count). The van der Waals surface area contributed by atoms with E-state index in [4.69, 9.17) is 4.42 Å². The molecule has 1 aromatic heterocycles. The minimum atomic E-state index is -0.252. The van der Waals surface area contributed by atoms with Crippen molar-refractivity contribution in [2.24, 2.45) is 0 Å². The largest absolute Gasteiger partial charge is 0.467 e. The van der Waals surface area contributed by atoms with Gasteiger partial charge in [-0.25, -0.2) is 0 Å². The van der Waals surface area contributed by atoms with E-state index in [0.29, 0.717) is 12.1 Å². The summed E-state index contributed by atoms with van der Waals surface area (Å²) in [6.07, 6.45) is 1.39. The lowest BCUT2D eigenvalue weighted by atomic mass is 10.0. The van der Waals surface area contributed by atoms with Gasteiger partial charge in [0.1, 0.15) is 11.9 Å². The summed E-state index contributed by atoms with van der Waals surface area (Å²) in [4.78, 5) is 17.4. The number of anilines is 2. The van der Waals surface area contributed by atoms with E-state index in [1.807, 2.05) is 41.3 Å². The van der Waals surface area contributed by atoms with Crippen LogP contribution in [0.5, 0.6) is 0 Å². The Morgan fingerprint density at radius 2 is 1.75 bits per heavy atom. The molecule has 5 nitrogen and oxygen atoms in total. The first-order valence-electron chi connectivity index (χ1n) is 9.75. The van der Waals surface area contributed by atoms with Crippen LogP contribution >= 0.6 is 0 Å². The SMILES string of the molecule is CCN(CC)c1ccc([C@@H]2Nc3ccccc3C(=O)N2Cc2ccco2)cc1. The summed E-state index contributed by atoms with van der Waals surface area (Å²) < 4.78 is 5.51. The van der Waals surface area contributed by atoms with E-state index in [1.165, 1.54) is 5.69 Å². The zero-order valence-corrected chi connectivity index (χ0v) is 16.3. The Morgan fingerprint density at radius 1 is 1.00 bits per heavy atom. The average Bonchev–Trinajstić information content (AvgIpc) is 3.25. The van der Waals surface area contributed by atoms with Gasteiger partial charge in [0.15, 0.2) is 0 Å². The van der Waals surface area contributed by atoms with Crippen molar-refractivity contribution < 1.29 is 9.21 Å². The Bertz CT molecular complexity index is 931. The van der Waals surface area contributed by atoms with Gasteiger partial charge in [-0.1, -0.05) is 24.3 Å². The maximum absolute atomic E-state index is 13.2. The van der Waals surface area contributed by atoms with Gasteiger partial charge in [0.2, 0.25) is 0 Å². The monoisotopic (exact) mass is 375 g/mol. The number of hydrogen-bond donors (Lipinski definition) is 1. The highest BCUT2D eigenvalue weighted by atomic mass is 16.3. The Morgan fingerprint density at radius 3 is 2.43 bits per heavy atom. The van der Waals surface area contributed by atoms with E-state index in [0.717, 1.165) is 30.1 Å². The fraction of sp³-hybridized carbons (Fsp3) is 0.261. The van der Waals surface area contributed by atoms with Crippen LogP contribution in [0.4, 0.5) is 11.4 Å². The summed E-state index contributed by atoms with van der Waals surface area (Å²) in [5.41, 5.74) is 3.78. The number of benzene rings is 2. The van der Waals surface area contributed by atoms with Crippen molar-refractivity contribution in [3.05, 3.63) is 83.8 Å². The Hall–Kier alpha value is -3.21. The predicted molar refractivity (Wildman–Crippen MR) is 111 cm³/mol. The van der Waals surface area contributed by atoms with E-state index in [-0.39, 0.29) is 12.1 Å². The molecule has 1 atom stereocenters. The molecule has 5 heteroatoms. The van der Waals surface area contributed by atoms with E-state index < -0.39 is 0 Å². The van der Waals surface area contributed by atoms with Gasteiger partial charge in [-0.05, 0) is 55.8 Å². The van der Waals surface area contributed by atoms with E-state index in [9.17, 15) is 4.79 Å². The summed E-state index contributed by atoms with van der Waals surface area (Å²) in [6, 6.07) is 19.8. The Balaban J connectivity index is 1.69. The first kappa shape index (κ1) is 18.2. The van der Waals surface area contributed by atoms with Gasteiger partial charge in [0.05, 0.1) is 18.4 Å². The second kappa shape index (κ2) is 7.80. The van der Waals surface area contributed by atoms with Crippen molar-refractivity contribution in [1.82, 2.24) is 4.90 Å². The molecule has 0 unspecified atom stereocenters. The summed E-state index contributed by atoms with van der Waals surface area (Å²) in [7, 11) is 0. The first-order valence-corrected chi connectivity index (χ1v) is 9.75. The molecule has 1 amide bonds. The molecule has 144 valence electrons. The minimum absolute atomic E-state index is 0.00331. The molecule has 0 saturated carbocycles. The predicted octanol–water partition coefficient (Wildman–Crippen LogP) is 4.89. The molecule has 0 saturated heterocycles. The van der Waals surface area contributed by atoms with Gasteiger partial charge >= 0.3 is 0 Å². The number of carbonyl (C=O) groups excluding carboxylic acids is 1. The van der Waals surface area contributed by atoms with Crippen LogP contribution in [0.15, 0.2) is 71.3 Å². The lowest BCUT2D eigenvalue weighted by molar-refractivity contribution is 0.0651. The number of nitrogens with one attached hydrogen (secondary N) is 1. The average molecular weight is 375 g/mol. The Labute approximate surface area is 165 Å². The van der Waals surface area contributed by atoms with Gasteiger partial charge in [-0.15, -0.1) is 0 Å². The highest BCUT2D eigenvalue weighted by molar-refractivity contribution is 6.01. The van der Waals surface area contributed by atoms with Gasteiger partial charge in [-0.3, -0.25) is 4.79 Å². The van der Waals surface area contributed by atoms with Crippen molar-refractivity contribution in [1.29, 1.82) is 0 Å². The molecule has 1 aliphatic rings. The van der Waals surface area contributed by atoms with E-state index >= 15 is 0 Å². The number of fused-ring (bicyclic) bond motifs is 1. The van der Waals surface area contributed by atoms with Crippen LogP contribution in [0.1, 0.15) is 41.7 Å². The zero-order chi connectivity index (χ0) is 19.5. The standard InChI is InChI=1S/C23H25N3O2/c1-3-25(4-2)18-13-11-17(12-14-18)22-24-21-10-6-5-9-20(21)23(27)26(22)16-19-8-7-15-28-19/h5-15,22,24H,3-4,16H2,1-2H3/t22-/m1/s1. The normalized spacial score (nSPS) is 15.9. The van der Waals surface area contributed by atoms with Crippen LogP contribution in [-0.4, -0.2) is 23.9 Å². The summed E-state index contributed by atoms with van der Waals surface area (Å²) in [5, 5.41) is 3.53. The maximum Gasteiger partial charge on any atom is 0.258 e. The third-order valence-corrected chi connectivity index (χ3v) is 5.27. The number of hydrogen-bond acceptors (Lipinski definition) is 4. The number of furan rings is 1. The van der Waals surface area contributed by atoms with Crippen LogP contribution in [0.3, 0.4) is 0 Å². The molecule has 0 spiro atoms. The first-order chi connectivity index (χ1) is 13.7. The van der Waals surface area contributed by atoms with Gasteiger partial charge in [-0.2, -0.15) is 0 Å². The summed E-state index contributed by atoms with van der Waals surface area (Å²) >= 11 is 0. The lowest BCUT2D eigenvalue weighted by Gasteiger charge is -2.38. The Kier molecular flexibility index (Phi) is 5.06. The quantitative estimate of drug-likeness (QED) is 0.666. The van der Waals surface area contributed by atoms with Crippen LogP contribution in [-0.2, 0) is 6.54 Å². The number of rotatable bonds is 6. The molecular formula is C23H25N3O2. The molecule has 1 aliphatic heterocycles. The van der Waals surface area contributed by atoms with Crippen molar-refractivity contribution in [2.75, 3.05) is 23.3 Å². The minimum Gasteiger partial charge on any atom is -0.467 e. The molecule has 28 heavy (non-hydrogen) atoms. The molecule has 0 aliphatic carbocycles. The molecule has 0 bridgehead atoms.